The fraction of sp³-hybridized carbons (Fsp3) is 0.308. The van der Waals surface area contributed by atoms with Crippen LogP contribution in [0.5, 0.6) is 0 Å². The number of nitrogens with zero attached hydrogens (tertiary/aromatic N) is 2. The smallest absolute Gasteiger partial charge is 0.342 e. The molecule has 0 bridgehead atoms. The van der Waals surface area contributed by atoms with Gasteiger partial charge in [0, 0.05) is 19.4 Å². The molecule has 1 aliphatic heterocycles. The van der Waals surface area contributed by atoms with Crippen LogP contribution in [0.1, 0.15) is 22.1 Å². The van der Waals surface area contributed by atoms with Gasteiger partial charge in [0.15, 0.2) is 12.3 Å². The molecule has 3 aromatic rings. The van der Waals surface area contributed by atoms with E-state index in [2.05, 4.69) is 0 Å². The number of carboxylic acid groups (broad SMARTS) is 1. The lowest BCUT2D eigenvalue weighted by Crippen LogP contribution is -2.54. The molecular formula is C26H26N2O10. The molecule has 38 heavy (non-hydrogen) atoms. The van der Waals surface area contributed by atoms with Gasteiger partial charge >= 0.3 is 17.6 Å². The molecule has 0 aliphatic carbocycles. The van der Waals surface area contributed by atoms with E-state index in [1.807, 2.05) is 30.3 Å². The molecule has 0 radical (unpaired) electrons. The molecule has 2 aromatic carbocycles. The van der Waals surface area contributed by atoms with Gasteiger partial charge < -0.3 is 29.2 Å². The van der Waals surface area contributed by atoms with Gasteiger partial charge in [-0.25, -0.2) is 19.0 Å². The van der Waals surface area contributed by atoms with Crippen LogP contribution in [0.2, 0.25) is 0 Å². The van der Waals surface area contributed by atoms with Crippen molar-refractivity contribution in [2.75, 3.05) is 13.7 Å². The number of aliphatic carboxylic acids is 1. The molecule has 2 heterocycles. The summed E-state index contributed by atoms with van der Waals surface area (Å²) in [7, 11) is 1.21. The predicted octanol–water partition coefficient (Wildman–Crippen LogP) is 0.769. The molecule has 12 heteroatoms. The zero-order valence-corrected chi connectivity index (χ0v) is 20.3. The van der Waals surface area contributed by atoms with Crippen LogP contribution in [0.25, 0.3) is 0 Å². The molecule has 0 unspecified atom stereocenters. The largest absolute Gasteiger partial charge is 0.479 e. The molecule has 2 N–H and O–H groups in total. The molecule has 0 saturated carbocycles. The Morgan fingerprint density at radius 2 is 1.68 bits per heavy atom. The van der Waals surface area contributed by atoms with E-state index in [0.29, 0.717) is 0 Å². The molecule has 0 spiro atoms. The van der Waals surface area contributed by atoms with Crippen LogP contribution >= 0.6 is 0 Å². The van der Waals surface area contributed by atoms with E-state index < -0.39 is 60.6 Å². The molecule has 200 valence electrons. The molecule has 4 atom stereocenters. The molecule has 12 nitrogen and oxygen atoms in total. The third-order valence-electron chi connectivity index (χ3n) is 6.18. The third-order valence-corrected chi connectivity index (χ3v) is 6.18. The maximum Gasteiger partial charge on any atom is 0.342 e. The second kappa shape index (κ2) is 11.5. The zero-order valence-electron chi connectivity index (χ0n) is 20.3. The molecule has 1 aromatic heterocycles. The predicted molar refractivity (Wildman–Crippen MR) is 130 cm³/mol. The van der Waals surface area contributed by atoms with Crippen molar-refractivity contribution in [2.45, 2.75) is 37.4 Å². The van der Waals surface area contributed by atoms with Crippen molar-refractivity contribution < 1.29 is 38.7 Å². The van der Waals surface area contributed by atoms with Gasteiger partial charge in [-0.2, -0.15) is 0 Å². The standard InChI is InChI=1S/C26H26N2O10/c1-35-20-21(37-23(31)18-10-6-3-7-11-18)26(15-29,24(32)33)38-22(20)27-13-12-19(30)28(25(27)34)16-36-14-17-8-4-2-5-9-17/h2-13,20-22,29H,14-16H2,1H3,(H,32,33)/t20-,21+,22-,26-/m1/s1. The minimum Gasteiger partial charge on any atom is -0.479 e. The summed E-state index contributed by atoms with van der Waals surface area (Å²) in [4.78, 5) is 50.8. The first-order valence-corrected chi connectivity index (χ1v) is 11.6. The summed E-state index contributed by atoms with van der Waals surface area (Å²) in [5, 5.41) is 20.1. The number of carbonyl (C=O) groups excluding carboxylic acids is 1. The fourth-order valence-electron chi connectivity index (χ4n) is 4.18. The van der Waals surface area contributed by atoms with Gasteiger partial charge in [-0.1, -0.05) is 48.5 Å². The summed E-state index contributed by atoms with van der Waals surface area (Å²) in [6.07, 6.45) is -3.38. The summed E-state index contributed by atoms with van der Waals surface area (Å²) in [5.74, 6) is -2.52. The highest BCUT2D eigenvalue weighted by Crippen LogP contribution is 2.40. The van der Waals surface area contributed by atoms with E-state index in [4.69, 9.17) is 18.9 Å². The number of aliphatic hydroxyl groups is 1. The quantitative estimate of drug-likeness (QED) is 0.362. The van der Waals surface area contributed by atoms with E-state index in [1.165, 1.54) is 19.2 Å². The lowest BCUT2D eigenvalue weighted by molar-refractivity contribution is -0.184. The summed E-state index contributed by atoms with van der Waals surface area (Å²) in [5.41, 5.74) is -3.05. The lowest BCUT2D eigenvalue weighted by atomic mass is 9.95. The van der Waals surface area contributed by atoms with E-state index in [-0.39, 0.29) is 12.2 Å². The van der Waals surface area contributed by atoms with Gasteiger partial charge in [0.1, 0.15) is 12.8 Å². The van der Waals surface area contributed by atoms with E-state index in [0.717, 1.165) is 27.0 Å². The topological polar surface area (TPSA) is 156 Å². The Labute approximate surface area is 216 Å². The summed E-state index contributed by atoms with van der Waals surface area (Å²) in [6, 6.07) is 18.0. The SMILES string of the molecule is CO[C@H]1[C@H](n2ccc(=O)n(COCc3ccccc3)c2=O)O[C@@](CO)(C(=O)O)[C@H]1OC(=O)c1ccccc1. The van der Waals surface area contributed by atoms with Gasteiger partial charge in [-0.15, -0.1) is 0 Å². The normalized spacial score (nSPS) is 22.7. The van der Waals surface area contributed by atoms with E-state index >= 15 is 0 Å². The van der Waals surface area contributed by atoms with Crippen molar-refractivity contribution in [3.8, 4) is 0 Å². The summed E-state index contributed by atoms with van der Waals surface area (Å²) in [6.45, 7) is -1.36. The van der Waals surface area contributed by atoms with E-state index in [9.17, 15) is 29.4 Å². The number of hydrogen-bond donors (Lipinski definition) is 2. The van der Waals surface area contributed by atoms with Gasteiger partial charge in [-0.05, 0) is 17.7 Å². The first kappa shape index (κ1) is 26.9. The number of carbonyl (C=O) groups is 2. The Kier molecular flexibility index (Phi) is 8.17. The third kappa shape index (κ3) is 5.15. The number of carboxylic acids is 1. The van der Waals surface area contributed by atoms with Gasteiger partial charge in [-0.3, -0.25) is 9.36 Å². The average Bonchev–Trinajstić information content (AvgIpc) is 3.25. The van der Waals surface area contributed by atoms with Crippen LogP contribution < -0.4 is 11.2 Å². The first-order valence-electron chi connectivity index (χ1n) is 11.6. The highest BCUT2D eigenvalue weighted by Gasteiger charge is 2.63. The van der Waals surface area contributed by atoms with Crippen molar-refractivity contribution in [1.29, 1.82) is 0 Å². The fourth-order valence-corrected chi connectivity index (χ4v) is 4.18. The van der Waals surface area contributed by atoms with Crippen LogP contribution in [0.3, 0.4) is 0 Å². The van der Waals surface area contributed by atoms with Gasteiger partial charge in [0.25, 0.3) is 5.56 Å². The lowest BCUT2D eigenvalue weighted by Gasteiger charge is -2.28. The average molecular weight is 526 g/mol. The number of aromatic nitrogens is 2. The first-order chi connectivity index (χ1) is 18.3. The van der Waals surface area contributed by atoms with Crippen LogP contribution in [0.15, 0.2) is 82.5 Å². The molecule has 0 amide bonds. The Hall–Kier alpha value is -4.10. The maximum atomic E-state index is 13.3. The number of aliphatic hydroxyl groups excluding tert-OH is 1. The zero-order chi connectivity index (χ0) is 27.3. The molecule has 4 rings (SSSR count). The molecule has 1 fully saturated rings. The van der Waals surface area contributed by atoms with Crippen molar-refractivity contribution in [3.05, 3.63) is 105 Å². The van der Waals surface area contributed by atoms with Crippen molar-refractivity contribution in [3.63, 3.8) is 0 Å². The second-order valence-corrected chi connectivity index (χ2v) is 8.49. The Morgan fingerprint density at radius 1 is 1.03 bits per heavy atom. The Balaban J connectivity index is 1.66. The van der Waals surface area contributed by atoms with E-state index in [1.54, 1.807) is 18.2 Å². The monoisotopic (exact) mass is 526 g/mol. The number of hydrogen-bond acceptors (Lipinski definition) is 9. The Bertz CT molecular complexity index is 1390. The molecule has 1 aliphatic rings. The van der Waals surface area contributed by atoms with Crippen LogP contribution in [0.4, 0.5) is 0 Å². The summed E-state index contributed by atoms with van der Waals surface area (Å²) < 4.78 is 23.9. The van der Waals surface area contributed by atoms with Crippen LogP contribution in [-0.4, -0.2) is 62.8 Å². The summed E-state index contributed by atoms with van der Waals surface area (Å²) >= 11 is 0. The number of ether oxygens (including phenoxy) is 4. The van der Waals surface area contributed by atoms with Crippen LogP contribution in [-0.2, 0) is 37.1 Å². The van der Waals surface area contributed by atoms with Crippen molar-refractivity contribution in [2.24, 2.45) is 0 Å². The highest BCUT2D eigenvalue weighted by atomic mass is 16.7. The van der Waals surface area contributed by atoms with Crippen LogP contribution in [0, 0.1) is 0 Å². The number of rotatable bonds is 10. The minimum absolute atomic E-state index is 0.129. The Morgan fingerprint density at radius 3 is 2.29 bits per heavy atom. The number of esters is 1. The molecular weight excluding hydrogens is 500 g/mol. The minimum atomic E-state index is -2.46. The van der Waals surface area contributed by atoms with Gasteiger partial charge in [0.2, 0.25) is 5.60 Å². The second-order valence-electron chi connectivity index (χ2n) is 8.49. The maximum absolute atomic E-state index is 13.3. The highest BCUT2D eigenvalue weighted by molar-refractivity contribution is 5.90. The molecule has 1 saturated heterocycles. The number of methoxy groups -OCH3 is 1. The number of benzene rings is 2. The van der Waals surface area contributed by atoms with Gasteiger partial charge in [0.05, 0.1) is 18.8 Å². The van der Waals surface area contributed by atoms with Crippen molar-refractivity contribution >= 4 is 11.9 Å². The van der Waals surface area contributed by atoms with Crippen molar-refractivity contribution in [1.82, 2.24) is 9.13 Å².